The second kappa shape index (κ2) is 7.42. The van der Waals surface area contributed by atoms with Crippen LogP contribution in [0.2, 0.25) is 0 Å². The molecular weight excluding hydrogens is 334 g/mol. The molecule has 0 bridgehead atoms. The van der Waals surface area contributed by atoms with Gasteiger partial charge in [-0.15, -0.1) is 0 Å². The van der Waals surface area contributed by atoms with Crippen LogP contribution in [0.3, 0.4) is 0 Å². The Morgan fingerprint density at radius 3 is 2.50 bits per heavy atom. The van der Waals surface area contributed by atoms with Crippen molar-refractivity contribution in [1.29, 1.82) is 0 Å². The Kier molecular flexibility index (Phi) is 5.41. The van der Waals surface area contributed by atoms with Crippen molar-refractivity contribution in [2.24, 2.45) is 10.9 Å². The minimum absolute atomic E-state index is 0.104. The smallest absolute Gasteiger partial charge is 0.322 e. The molecule has 1 atom stereocenters. The predicted molar refractivity (Wildman–Crippen MR) is 98.8 cm³/mol. The Morgan fingerprint density at radius 2 is 1.96 bits per heavy atom. The van der Waals surface area contributed by atoms with Gasteiger partial charge in [0.05, 0.1) is 12.1 Å². The van der Waals surface area contributed by atoms with Gasteiger partial charge in [0.15, 0.2) is 5.96 Å². The van der Waals surface area contributed by atoms with Crippen LogP contribution in [-0.4, -0.2) is 65.2 Å². The second-order valence-corrected chi connectivity index (χ2v) is 7.97. The molecule has 3 aliphatic rings. The maximum atomic E-state index is 12.1. The SMILES string of the molecule is CCNC(=NCC1(O)CCCC1)N1CCC(C2(C)NC(=O)NC2=O)CC1. The summed E-state index contributed by atoms with van der Waals surface area (Å²) in [6.45, 7) is 6.59. The molecule has 0 aromatic heterocycles. The van der Waals surface area contributed by atoms with Crippen LogP contribution in [0.15, 0.2) is 4.99 Å². The standard InChI is InChI=1S/C18H31N5O3/c1-3-19-15(20-12-18(26)8-4-5-9-18)23-10-6-13(7-11-23)17(2)14(24)21-16(25)22-17/h13,26H,3-12H2,1-2H3,(H,19,20)(H2,21,22,24,25). The summed E-state index contributed by atoms with van der Waals surface area (Å²) >= 11 is 0. The minimum Gasteiger partial charge on any atom is -0.388 e. The number of aliphatic hydroxyl groups is 1. The number of nitrogens with one attached hydrogen (secondary N) is 3. The number of rotatable bonds is 4. The molecule has 3 amide bonds. The van der Waals surface area contributed by atoms with Crippen LogP contribution in [0.1, 0.15) is 52.4 Å². The third kappa shape index (κ3) is 3.79. The topological polar surface area (TPSA) is 106 Å². The molecule has 8 nitrogen and oxygen atoms in total. The Balaban J connectivity index is 1.61. The first-order chi connectivity index (χ1) is 12.4. The van der Waals surface area contributed by atoms with E-state index in [4.69, 9.17) is 4.99 Å². The lowest BCUT2D eigenvalue weighted by Gasteiger charge is -2.40. The summed E-state index contributed by atoms with van der Waals surface area (Å²) in [6.07, 6.45) is 5.40. The Morgan fingerprint density at radius 1 is 1.31 bits per heavy atom. The van der Waals surface area contributed by atoms with Crippen molar-refractivity contribution >= 4 is 17.9 Å². The highest BCUT2D eigenvalue weighted by Gasteiger charge is 2.48. The van der Waals surface area contributed by atoms with Crippen molar-refractivity contribution in [3.63, 3.8) is 0 Å². The zero-order valence-corrected chi connectivity index (χ0v) is 15.8. The third-order valence-corrected chi connectivity index (χ3v) is 6.08. The Labute approximate surface area is 154 Å². The fourth-order valence-electron chi connectivity index (χ4n) is 4.35. The minimum atomic E-state index is -0.822. The van der Waals surface area contributed by atoms with Crippen molar-refractivity contribution in [3.8, 4) is 0 Å². The Hall–Kier alpha value is -1.83. The van der Waals surface area contributed by atoms with Crippen molar-refractivity contribution in [2.75, 3.05) is 26.2 Å². The molecule has 0 radical (unpaired) electrons. The average Bonchev–Trinajstić information content (AvgIpc) is 3.16. The average molecular weight is 365 g/mol. The largest absolute Gasteiger partial charge is 0.388 e. The van der Waals surface area contributed by atoms with E-state index in [-0.39, 0.29) is 11.8 Å². The van der Waals surface area contributed by atoms with Crippen molar-refractivity contribution in [3.05, 3.63) is 0 Å². The summed E-state index contributed by atoms with van der Waals surface area (Å²) in [5.74, 6) is 0.702. The summed E-state index contributed by atoms with van der Waals surface area (Å²) in [4.78, 5) is 30.5. The number of carbonyl (C=O) groups excluding carboxylic acids is 2. The number of nitrogens with zero attached hydrogens (tertiary/aromatic N) is 2. The lowest BCUT2D eigenvalue weighted by atomic mass is 9.79. The molecular formula is C18H31N5O3. The van der Waals surface area contributed by atoms with Gasteiger partial charge in [-0.3, -0.25) is 15.1 Å². The summed E-state index contributed by atoms with van der Waals surface area (Å²) in [5, 5.41) is 19.0. The van der Waals surface area contributed by atoms with Crippen LogP contribution >= 0.6 is 0 Å². The van der Waals surface area contributed by atoms with Crippen LogP contribution in [0.5, 0.6) is 0 Å². The number of hydrogen-bond donors (Lipinski definition) is 4. The van der Waals surface area contributed by atoms with Gasteiger partial charge in [-0.1, -0.05) is 12.8 Å². The fraction of sp³-hybridized carbons (Fsp3) is 0.833. The van der Waals surface area contributed by atoms with E-state index in [1.807, 2.05) is 13.8 Å². The quantitative estimate of drug-likeness (QED) is 0.331. The highest BCUT2D eigenvalue weighted by Crippen LogP contribution is 2.31. The molecule has 8 heteroatoms. The number of amides is 3. The lowest BCUT2D eigenvalue weighted by molar-refractivity contribution is -0.125. The summed E-state index contributed by atoms with van der Waals surface area (Å²) in [7, 11) is 0. The molecule has 3 rings (SSSR count). The van der Waals surface area contributed by atoms with E-state index in [0.717, 1.165) is 64.1 Å². The van der Waals surface area contributed by atoms with Crippen LogP contribution < -0.4 is 16.0 Å². The molecule has 1 saturated carbocycles. The number of carbonyl (C=O) groups is 2. The van der Waals surface area contributed by atoms with Crippen LogP contribution in [0, 0.1) is 5.92 Å². The van der Waals surface area contributed by atoms with Crippen molar-refractivity contribution in [1.82, 2.24) is 20.9 Å². The van der Waals surface area contributed by atoms with Gasteiger partial charge < -0.3 is 20.6 Å². The fourth-order valence-corrected chi connectivity index (χ4v) is 4.35. The number of likely N-dealkylation sites (tertiary alicyclic amines) is 1. The van der Waals surface area contributed by atoms with Crippen molar-refractivity contribution in [2.45, 2.75) is 63.5 Å². The van der Waals surface area contributed by atoms with Gasteiger partial charge in [-0.2, -0.15) is 0 Å². The number of hydrogen-bond acceptors (Lipinski definition) is 4. The van der Waals surface area contributed by atoms with Gasteiger partial charge in [0.2, 0.25) is 0 Å². The zero-order valence-electron chi connectivity index (χ0n) is 15.8. The molecule has 1 unspecified atom stereocenters. The van der Waals surface area contributed by atoms with Gasteiger partial charge in [-0.05, 0) is 45.4 Å². The molecule has 0 aromatic carbocycles. The third-order valence-electron chi connectivity index (χ3n) is 6.08. The van der Waals surface area contributed by atoms with E-state index in [1.54, 1.807) is 0 Å². The monoisotopic (exact) mass is 365 g/mol. The molecule has 3 fully saturated rings. The van der Waals surface area contributed by atoms with E-state index in [0.29, 0.717) is 6.54 Å². The number of urea groups is 1. The number of imide groups is 1. The van der Waals surface area contributed by atoms with E-state index in [9.17, 15) is 14.7 Å². The van der Waals surface area contributed by atoms with Gasteiger partial charge in [-0.25, -0.2) is 4.79 Å². The summed E-state index contributed by atoms with van der Waals surface area (Å²) in [6, 6.07) is -0.403. The second-order valence-electron chi connectivity index (χ2n) is 7.97. The van der Waals surface area contributed by atoms with E-state index < -0.39 is 17.2 Å². The molecule has 0 aromatic rings. The highest BCUT2D eigenvalue weighted by atomic mass is 16.3. The maximum Gasteiger partial charge on any atom is 0.322 e. The maximum absolute atomic E-state index is 12.1. The Bertz CT molecular complexity index is 579. The molecule has 4 N–H and O–H groups in total. The summed E-state index contributed by atoms with van der Waals surface area (Å²) in [5.41, 5.74) is -1.48. The first kappa shape index (κ1) is 18.9. The van der Waals surface area contributed by atoms with Gasteiger partial charge in [0.25, 0.3) is 5.91 Å². The first-order valence-corrected chi connectivity index (χ1v) is 9.75. The highest BCUT2D eigenvalue weighted by molar-refractivity contribution is 6.07. The number of aliphatic imine (C=N–C) groups is 1. The molecule has 2 aliphatic heterocycles. The molecule has 146 valence electrons. The molecule has 1 aliphatic carbocycles. The van der Waals surface area contributed by atoms with Gasteiger partial charge >= 0.3 is 6.03 Å². The number of guanidine groups is 1. The summed E-state index contributed by atoms with van der Waals surface area (Å²) < 4.78 is 0. The molecule has 2 heterocycles. The van der Waals surface area contributed by atoms with Crippen LogP contribution in [-0.2, 0) is 4.79 Å². The van der Waals surface area contributed by atoms with E-state index >= 15 is 0 Å². The zero-order chi connectivity index (χ0) is 18.8. The molecule has 26 heavy (non-hydrogen) atoms. The molecule has 2 saturated heterocycles. The van der Waals surface area contributed by atoms with E-state index in [2.05, 4.69) is 20.9 Å². The van der Waals surface area contributed by atoms with Crippen molar-refractivity contribution < 1.29 is 14.7 Å². The first-order valence-electron chi connectivity index (χ1n) is 9.75. The van der Waals surface area contributed by atoms with Gasteiger partial charge in [0, 0.05) is 19.6 Å². The van der Waals surface area contributed by atoms with Crippen LogP contribution in [0.4, 0.5) is 4.79 Å². The van der Waals surface area contributed by atoms with E-state index in [1.165, 1.54) is 0 Å². The number of piperidine rings is 1. The molecule has 0 spiro atoms. The van der Waals surface area contributed by atoms with Crippen LogP contribution in [0.25, 0.3) is 0 Å². The predicted octanol–water partition coefficient (Wildman–Crippen LogP) is 0.567. The normalized spacial score (nSPS) is 29.7. The lowest BCUT2D eigenvalue weighted by Crippen LogP contribution is -2.55. The van der Waals surface area contributed by atoms with Gasteiger partial charge in [0.1, 0.15) is 5.54 Å².